The first kappa shape index (κ1) is 14.9. The number of unbranched alkanes of at least 4 members (excludes halogenated alkanes) is 1. The van der Waals surface area contributed by atoms with Crippen molar-refractivity contribution in [3.8, 4) is 0 Å². The number of carbonyl (C=O) groups excluding carboxylic acids is 1. The lowest BCUT2D eigenvalue weighted by Crippen LogP contribution is -2.42. The maximum Gasteiger partial charge on any atom is 0.223 e. The normalized spacial score (nSPS) is 32.3. The van der Waals surface area contributed by atoms with Crippen molar-refractivity contribution in [2.75, 3.05) is 0 Å². The number of rotatable bonds is 7. The summed E-state index contributed by atoms with van der Waals surface area (Å²) in [7, 11) is 0. The molecule has 2 bridgehead atoms. The van der Waals surface area contributed by atoms with Gasteiger partial charge in [0.15, 0.2) is 0 Å². The van der Waals surface area contributed by atoms with Crippen molar-refractivity contribution in [1.82, 2.24) is 5.32 Å². The molecule has 19 heavy (non-hydrogen) atoms. The van der Waals surface area contributed by atoms with Gasteiger partial charge in [-0.1, -0.05) is 33.1 Å². The molecule has 2 nitrogen and oxygen atoms in total. The zero-order chi connectivity index (χ0) is 13.8. The number of carbonyl (C=O) groups is 1. The van der Waals surface area contributed by atoms with E-state index in [0.29, 0.717) is 11.9 Å². The molecule has 2 rings (SSSR count). The second-order valence-corrected chi connectivity index (χ2v) is 6.88. The molecule has 1 N–H and O–H groups in total. The van der Waals surface area contributed by atoms with E-state index in [0.717, 1.165) is 30.6 Å². The summed E-state index contributed by atoms with van der Waals surface area (Å²) < 4.78 is 0. The summed E-state index contributed by atoms with van der Waals surface area (Å²) in [5.41, 5.74) is 0. The molecule has 110 valence electrons. The Morgan fingerprint density at radius 3 is 2.58 bits per heavy atom. The first-order chi connectivity index (χ1) is 9.15. The molecular formula is C17H31NO. The van der Waals surface area contributed by atoms with Crippen LogP contribution >= 0.6 is 0 Å². The Morgan fingerprint density at radius 1 is 1.26 bits per heavy atom. The Balaban J connectivity index is 1.80. The standard InChI is InChI=1S/C17H31NO/c1-4-6-7-14(5-2)17(19)18-12(3)16-11-13-8-9-15(16)10-13/h12-16H,4-11H2,1-3H3,(H,18,19)/t12-,13+,14+,15+,16+/m1/s1. The van der Waals surface area contributed by atoms with Crippen molar-refractivity contribution in [3.05, 3.63) is 0 Å². The Kier molecular flexibility index (Phi) is 5.29. The van der Waals surface area contributed by atoms with Crippen LogP contribution in [0.1, 0.15) is 72.1 Å². The van der Waals surface area contributed by atoms with Gasteiger partial charge in [0.1, 0.15) is 0 Å². The van der Waals surface area contributed by atoms with Crippen molar-refractivity contribution in [1.29, 1.82) is 0 Å². The average Bonchev–Trinajstić information content (AvgIpc) is 3.01. The number of hydrogen-bond acceptors (Lipinski definition) is 1. The fourth-order valence-corrected chi connectivity index (χ4v) is 4.33. The summed E-state index contributed by atoms with van der Waals surface area (Å²) in [6, 6.07) is 0.387. The highest BCUT2D eigenvalue weighted by Gasteiger charge is 2.42. The highest BCUT2D eigenvalue weighted by atomic mass is 16.1. The van der Waals surface area contributed by atoms with Crippen LogP contribution in [0.5, 0.6) is 0 Å². The third-order valence-electron chi connectivity index (χ3n) is 5.57. The molecule has 0 saturated heterocycles. The molecular weight excluding hydrogens is 234 g/mol. The van der Waals surface area contributed by atoms with Gasteiger partial charge in [0, 0.05) is 12.0 Å². The summed E-state index contributed by atoms with van der Waals surface area (Å²) in [4.78, 5) is 12.3. The van der Waals surface area contributed by atoms with E-state index in [1.54, 1.807) is 0 Å². The van der Waals surface area contributed by atoms with Crippen molar-refractivity contribution in [2.45, 2.75) is 78.2 Å². The summed E-state index contributed by atoms with van der Waals surface area (Å²) in [6.45, 7) is 6.57. The molecule has 2 aliphatic rings. The van der Waals surface area contributed by atoms with E-state index in [1.165, 1.54) is 38.5 Å². The molecule has 2 heteroatoms. The minimum atomic E-state index is 0.237. The van der Waals surface area contributed by atoms with E-state index < -0.39 is 0 Å². The van der Waals surface area contributed by atoms with Gasteiger partial charge in [-0.2, -0.15) is 0 Å². The smallest absolute Gasteiger partial charge is 0.223 e. The minimum absolute atomic E-state index is 0.237. The highest BCUT2D eigenvalue weighted by molar-refractivity contribution is 5.78. The van der Waals surface area contributed by atoms with Gasteiger partial charge in [0.2, 0.25) is 5.91 Å². The quantitative estimate of drug-likeness (QED) is 0.736. The number of nitrogens with one attached hydrogen (secondary N) is 1. The maximum atomic E-state index is 12.3. The van der Waals surface area contributed by atoms with Gasteiger partial charge in [0.25, 0.3) is 0 Å². The SMILES string of the molecule is CCCC[C@H](CC)C(=O)N[C@H](C)[C@@H]1C[C@H]2CC[C@H]1C2. The molecule has 0 unspecified atom stereocenters. The summed E-state index contributed by atoms with van der Waals surface area (Å²) >= 11 is 0. The fourth-order valence-electron chi connectivity index (χ4n) is 4.33. The van der Waals surface area contributed by atoms with Crippen molar-refractivity contribution >= 4 is 5.91 Å². The predicted octanol–water partition coefficient (Wildman–Crippen LogP) is 4.14. The first-order valence-electron chi connectivity index (χ1n) is 8.46. The Morgan fingerprint density at radius 2 is 2.05 bits per heavy atom. The third kappa shape index (κ3) is 3.52. The van der Waals surface area contributed by atoms with E-state index in [-0.39, 0.29) is 5.92 Å². The maximum absolute atomic E-state index is 12.3. The lowest BCUT2D eigenvalue weighted by molar-refractivity contribution is -0.126. The van der Waals surface area contributed by atoms with Crippen LogP contribution < -0.4 is 5.32 Å². The number of hydrogen-bond donors (Lipinski definition) is 1. The summed E-state index contributed by atoms with van der Waals surface area (Å²) in [5.74, 6) is 3.17. The van der Waals surface area contributed by atoms with Crippen LogP contribution in [-0.2, 0) is 4.79 Å². The largest absolute Gasteiger partial charge is 0.353 e. The van der Waals surface area contributed by atoms with Crippen molar-refractivity contribution < 1.29 is 4.79 Å². The van der Waals surface area contributed by atoms with Gasteiger partial charge in [-0.3, -0.25) is 4.79 Å². The fraction of sp³-hybridized carbons (Fsp3) is 0.941. The van der Waals surface area contributed by atoms with E-state index in [2.05, 4.69) is 26.1 Å². The second kappa shape index (κ2) is 6.76. The molecule has 0 radical (unpaired) electrons. The third-order valence-corrected chi connectivity index (χ3v) is 5.57. The average molecular weight is 265 g/mol. The Labute approximate surface area is 118 Å². The molecule has 2 saturated carbocycles. The molecule has 2 aliphatic carbocycles. The van der Waals surface area contributed by atoms with E-state index in [4.69, 9.17) is 0 Å². The van der Waals surface area contributed by atoms with E-state index in [9.17, 15) is 4.79 Å². The van der Waals surface area contributed by atoms with E-state index in [1.807, 2.05) is 0 Å². The summed E-state index contributed by atoms with van der Waals surface area (Å²) in [6.07, 6.45) is 10.0. The molecule has 1 amide bonds. The van der Waals surface area contributed by atoms with E-state index >= 15 is 0 Å². The van der Waals surface area contributed by atoms with Crippen LogP contribution in [0.3, 0.4) is 0 Å². The lowest BCUT2D eigenvalue weighted by Gasteiger charge is -2.29. The molecule has 0 spiro atoms. The molecule has 0 heterocycles. The highest BCUT2D eigenvalue weighted by Crippen LogP contribution is 2.49. The van der Waals surface area contributed by atoms with Crippen LogP contribution in [0.25, 0.3) is 0 Å². The van der Waals surface area contributed by atoms with Gasteiger partial charge in [-0.05, 0) is 56.8 Å². The van der Waals surface area contributed by atoms with Gasteiger partial charge in [-0.25, -0.2) is 0 Å². The van der Waals surface area contributed by atoms with Crippen LogP contribution in [-0.4, -0.2) is 11.9 Å². The first-order valence-corrected chi connectivity index (χ1v) is 8.46. The lowest BCUT2D eigenvalue weighted by atomic mass is 9.83. The monoisotopic (exact) mass is 265 g/mol. The molecule has 0 aromatic carbocycles. The van der Waals surface area contributed by atoms with Gasteiger partial charge in [-0.15, -0.1) is 0 Å². The van der Waals surface area contributed by atoms with Crippen LogP contribution in [0, 0.1) is 23.7 Å². The zero-order valence-corrected chi connectivity index (χ0v) is 13.0. The van der Waals surface area contributed by atoms with Crippen LogP contribution in [0.15, 0.2) is 0 Å². The Hall–Kier alpha value is -0.530. The van der Waals surface area contributed by atoms with Crippen molar-refractivity contribution in [3.63, 3.8) is 0 Å². The predicted molar refractivity (Wildman–Crippen MR) is 79.8 cm³/mol. The molecule has 0 aromatic heterocycles. The van der Waals surface area contributed by atoms with Gasteiger partial charge in [0.05, 0.1) is 0 Å². The minimum Gasteiger partial charge on any atom is -0.353 e. The number of fused-ring (bicyclic) bond motifs is 2. The van der Waals surface area contributed by atoms with Crippen LogP contribution in [0.4, 0.5) is 0 Å². The van der Waals surface area contributed by atoms with Gasteiger partial charge < -0.3 is 5.32 Å². The van der Waals surface area contributed by atoms with Crippen LogP contribution in [0.2, 0.25) is 0 Å². The number of amides is 1. The second-order valence-electron chi connectivity index (χ2n) is 6.88. The molecule has 2 fully saturated rings. The molecule has 0 aliphatic heterocycles. The topological polar surface area (TPSA) is 29.1 Å². The zero-order valence-electron chi connectivity index (χ0n) is 13.0. The Bertz CT molecular complexity index is 302. The van der Waals surface area contributed by atoms with Crippen molar-refractivity contribution in [2.24, 2.45) is 23.7 Å². The summed E-state index contributed by atoms with van der Waals surface area (Å²) in [5, 5.41) is 3.33. The molecule has 5 atom stereocenters. The van der Waals surface area contributed by atoms with Gasteiger partial charge >= 0.3 is 0 Å². The molecule has 0 aromatic rings.